The molecule has 0 amide bonds. The summed E-state index contributed by atoms with van der Waals surface area (Å²) >= 11 is 0. The molecule has 35 heavy (non-hydrogen) atoms. The number of carboxylic acid groups (broad SMARTS) is 1. The smallest absolute Gasteiger partial charge is 0.309 e. The van der Waals surface area contributed by atoms with Gasteiger partial charge in [-0.1, -0.05) is 175 Å². The van der Waals surface area contributed by atoms with E-state index in [1.165, 1.54) is 135 Å². The topological polar surface area (TPSA) is 37.3 Å². The maximum absolute atomic E-state index is 12.2. The number of aliphatic carboxylic acids is 1. The Labute approximate surface area is 221 Å². The maximum atomic E-state index is 12.2. The van der Waals surface area contributed by atoms with Gasteiger partial charge in [-0.05, 0) is 25.7 Å². The third-order valence-electron chi connectivity index (χ3n) is 8.27. The van der Waals surface area contributed by atoms with Gasteiger partial charge in [-0.15, -0.1) is 0 Å². The van der Waals surface area contributed by atoms with E-state index in [2.05, 4.69) is 20.8 Å². The molecule has 0 bridgehead atoms. The van der Waals surface area contributed by atoms with Gasteiger partial charge in [0.1, 0.15) is 0 Å². The summed E-state index contributed by atoms with van der Waals surface area (Å²) in [4.78, 5) is 12.2. The van der Waals surface area contributed by atoms with E-state index in [-0.39, 0.29) is 0 Å². The fourth-order valence-corrected chi connectivity index (χ4v) is 5.71. The third kappa shape index (κ3) is 21.3. The normalized spacial score (nSPS) is 14.2. The Hall–Kier alpha value is -0.530. The Morgan fingerprint density at radius 3 is 1.20 bits per heavy atom. The Balaban J connectivity index is 4.31. The van der Waals surface area contributed by atoms with Crippen molar-refractivity contribution in [2.24, 2.45) is 11.3 Å². The molecule has 0 aliphatic rings. The van der Waals surface area contributed by atoms with E-state index >= 15 is 0 Å². The zero-order chi connectivity index (χ0) is 26.0. The molecule has 1 N–H and O–H groups in total. The van der Waals surface area contributed by atoms with Crippen LogP contribution in [0.5, 0.6) is 0 Å². The SMILES string of the molecule is CCCCCCCCCCCCCCC(CCCCCCCCC)CC(C)(CCCCC)C(=O)O. The van der Waals surface area contributed by atoms with E-state index in [0.29, 0.717) is 5.92 Å². The monoisotopic (exact) mass is 495 g/mol. The van der Waals surface area contributed by atoms with Crippen molar-refractivity contribution < 1.29 is 9.90 Å². The Morgan fingerprint density at radius 2 is 0.857 bits per heavy atom. The van der Waals surface area contributed by atoms with Gasteiger partial charge in [0.2, 0.25) is 0 Å². The number of hydrogen-bond acceptors (Lipinski definition) is 1. The predicted molar refractivity (Wildman–Crippen MR) is 156 cm³/mol. The van der Waals surface area contributed by atoms with E-state index in [1.807, 2.05) is 6.92 Å². The Morgan fingerprint density at radius 1 is 0.543 bits per heavy atom. The molecule has 0 saturated heterocycles. The largest absolute Gasteiger partial charge is 0.481 e. The highest BCUT2D eigenvalue weighted by Crippen LogP contribution is 2.36. The first-order chi connectivity index (χ1) is 17.0. The van der Waals surface area contributed by atoms with Crippen LogP contribution in [0.4, 0.5) is 0 Å². The van der Waals surface area contributed by atoms with Gasteiger partial charge in [-0.25, -0.2) is 0 Å². The van der Waals surface area contributed by atoms with Crippen molar-refractivity contribution in [1.29, 1.82) is 0 Å². The number of carbonyl (C=O) groups is 1. The summed E-state index contributed by atoms with van der Waals surface area (Å²) in [5.41, 5.74) is -0.530. The summed E-state index contributed by atoms with van der Waals surface area (Å²) in [5.74, 6) is 0.0318. The lowest BCUT2D eigenvalue weighted by molar-refractivity contribution is -0.149. The predicted octanol–water partition coefficient (Wildman–Crippen LogP) is 11.9. The van der Waals surface area contributed by atoms with Crippen LogP contribution in [-0.2, 0) is 4.79 Å². The fraction of sp³-hybridized carbons (Fsp3) is 0.970. The van der Waals surface area contributed by atoms with Gasteiger partial charge in [-0.2, -0.15) is 0 Å². The first kappa shape index (κ1) is 34.5. The van der Waals surface area contributed by atoms with Crippen LogP contribution in [-0.4, -0.2) is 11.1 Å². The van der Waals surface area contributed by atoms with Crippen LogP contribution in [0.25, 0.3) is 0 Å². The van der Waals surface area contributed by atoms with E-state index in [9.17, 15) is 9.90 Å². The quantitative estimate of drug-likeness (QED) is 0.110. The number of rotatable bonds is 28. The minimum atomic E-state index is -0.562. The molecule has 0 rings (SSSR count). The molecule has 2 atom stereocenters. The summed E-state index contributed by atoms with van der Waals surface area (Å²) in [7, 11) is 0. The molecular weight excluding hydrogens is 428 g/mol. The standard InChI is InChI=1S/C33H66O2/c1-5-8-11-13-15-16-17-18-19-21-23-25-28-31(27-24-22-20-14-12-9-6-2)30-33(4,32(34)35)29-26-10-7-3/h31H,5-30H2,1-4H3,(H,34,35). The highest BCUT2D eigenvalue weighted by atomic mass is 16.4. The van der Waals surface area contributed by atoms with Crippen LogP contribution >= 0.6 is 0 Å². The third-order valence-corrected chi connectivity index (χ3v) is 8.27. The molecule has 0 aromatic heterocycles. The molecular formula is C33H66O2. The molecule has 0 aromatic rings. The van der Waals surface area contributed by atoms with Gasteiger partial charge in [-0.3, -0.25) is 4.79 Å². The molecule has 0 aliphatic heterocycles. The minimum absolute atomic E-state index is 0.530. The molecule has 210 valence electrons. The summed E-state index contributed by atoms with van der Waals surface area (Å²) < 4.78 is 0. The number of carboxylic acids is 1. The van der Waals surface area contributed by atoms with E-state index in [4.69, 9.17) is 0 Å². The van der Waals surface area contributed by atoms with Crippen molar-refractivity contribution in [1.82, 2.24) is 0 Å². The van der Waals surface area contributed by atoms with E-state index in [1.54, 1.807) is 0 Å². The molecule has 0 radical (unpaired) electrons. The molecule has 0 saturated carbocycles. The average molecular weight is 495 g/mol. The van der Waals surface area contributed by atoms with Crippen LogP contribution < -0.4 is 0 Å². The van der Waals surface area contributed by atoms with Gasteiger partial charge in [0.05, 0.1) is 5.41 Å². The van der Waals surface area contributed by atoms with Crippen molar-refractivity contribution in [3.8, 4) is 0 Å². The minimum Gasteiger partial charge on any atom is -0.481 e. The Bertz CT molecular complexity index is 446. The lowest BCUT2D eigenvalue weighted by atomic mass is 9.74. The highest BCUT2D eigenvalue weighted by molar-refractivity contribution is 5.74. The van der Waals surface area contributed by atoms with Gasteiger partial charge in [0.25, 0.3) is 0 Å². The van der Waals surface area contributed by atoms with Crippen LogP contribution in [0.2, 0.25) is 0 Å². The second-order valence-corrected chi connectivity index (χ2v) is 12.0. The van der Waals surface area contributed by atoms with Crippen molar-refractivity contribution in [3.63, 3.8) is 0 Å². The van der Waals surface area contributed by atoms with Gasteiger partial charge >= 0.3 is 5.97 Å². The molecule has 0 spiro atoms. The van der Waals surface area contributed by atoms with Gasteiger partial charge in [0, 0.05) is 0 Å². The van der Waals surface area contributed by atoms with E-state index < -0.39 is 11.4 Å². The number of unbranched alkanes of at least 4 members (excludes halogenated alkanes) is 19. The lowest BCUT2D eigenvalue weighted by Gasteiger charge is -2.30. The fourth-order valence-electron chi connectivity index (χ4n) is 5.71. The Kier molecular flexibility index (Phi) is 24.8. The number of hydrogen-bond donors (Lipinski definition) is 1. The lowest BCUT2D eigenvalue weighted by Crippen LogP contribution is -2.30. The van der Waals surface area contributed by atoms with Crippen LogP contribution in [0.1, 0.15) is 195 Å². The van der Waals surface area contributed by atoms with E-state index in [0.717, 1.165) is 32.1 Å². The van der Waals surface area contributed by atoms with Gasteiger partial charge in [0.15, 0.2) is 0 Å². The molecule has 0 aromatic carbocycles. The van der Waals surface area contributed by atoms with Crippen molar-refractivity contribution in [3.05, 3.63) is 0 Å². The van der Waals surface area contributed by atoms with Crippen LogP contribution in [0.15, 0.2) is 0 Å². The molecule has 2 heteroatoms. The molecule has 0 aliphatic carbocycles. The molecule has 0 fully saturated rings. The van der Waals surface area contributed by atoms with Crippen molar-refractivity contribution >= 4 is 5.97 Å². The zero-order valence-electron chi connectivity index (χ0n) is 24.8. The summed E-state index contributed by atoms with van der Waals surface area (Å²) in [5, 5.41) is 10.0. The summed E-state index contributed by atoms with van der Waals surface area (Å²) in [6, 6.07) is 0. The first-order valence-corrected chi connectivity index (χ1v) is 16.2. The zero-order valence-corrected chi connectivity index (χ0v) is 24.8. The highest BCUT2D eigenvalue weighted by Gasteiger charge is 2.34. The summed E-state index contributed by atoms with van der Waals surface area (Å²) in [6.45, 7) is 8.80. The van der Waals surface area contributed by atoms with Crippen molar-refractivity contribution in [2.75, 3.05) is 0 Å². The molecule has 0 heterocycles. The summed E-state index contributed by atoms with van der Waals surface area (Å²) in [6.07, 6.45) is 33.7. The molecule has 2 unspecified atom stereocenters. The second kappa shape index (κ2) is 25.1. The van der Waals surface area contributed by atoms with Crippen LogP contribution in [0, 0.1) is 11.3 Å². The second-order valence-electron chi connectivity index (χ2n) is 12.0. The maximum Gasteiger partial charge on any atom is 0.309 e. The van der Waals surface area contributed by atoms with Crippen LogP contribution in [0.3, 0.4) is 0 Å². The van der Waals surface area contributed by atoms with Crippen molar-refractivity contribution in [2.45, 2.75) is 195 Å². The average Bonchev–Trinajstić information content (AvgIpc) is 2.84. The molecule has 2 nitrogen and oxygen atoms in total. The van der Waals surface area contributed by atoms with Gasteiger partial charge < -0.3 is 5.11 Å². The first-order valence-electron chi connectivity index (χ1n) is 16.2.